The molecule has 1 atom stereocenters. The van der Waals surface area contributed by atoms with E-state index >= 15 is 0 Å². The summed E-state index contributed by atoms with van der Waals surface area (Å²) >= 11 is 0. The van der Waals surface area contributed by atoms with Crippen LogP contribution in [0, 0.1) is 12.8 Å². The van der Waals surface area contributed by atoms with E-state index < -0.39 is 0 Å². The van der Waals surface area contributed by atoms with Gasteiger partial charge in [-0.2, -0.15) is 0 Å². The predicted molar refractivity (Wildman–Crippen MR) is 76.0 cm³/mol. The molecule has 2 heterocycles. The second-order valence-corrected chi connectivity index (χ2v) is 5.36. The maximum atomic E-state index is 4.61. The Morgan fingerprint density at radius 3 is 2.89 bits per heavy atom. The molecular weight excluding hydrogens is 222 g/mol. The van der Waals surface area contributed by atoms with Crippen molar-refractivity contribution in [2.24, 2.45) is 5.92 Å². The standard InChI is InChI=1S/C15H25N3/c1-4-7-13-8-6-9-18(11-13)15-10-14(5-2)16-12(3)17-15/h10,13H,4-9,11H2,1-3H3. The highest BCUT2D eigenvalue weighted by atomic mass is 15.2. The summed E-state index contributed by atoms with van der Waals surface area (Å²) in [6.07, 6.45) is 6.32. The first-order valence-electron chi connectivity index (χ1n) is 7.32. The third-order valence-electron chi connectivity index (χ3n) is 3.78. The summed E-state index contributed by atoms with van der Waals surface area (Å²) in [6, 6.07) is 2.17. The average Bonchev–Trinajstić information content (AvgIpc) is 2.39. The maximum Gasteiger partial charge on any atom is 0.132 e. The Bertz CT molecular complexity index is 387. The topological polar surface area (TPSA) is 29.0 Å². The Kier molecular flexibility index (Phi) is 4.56. The summed E-state index contributed by atoms with van der Waals surface area (Å²) in [6.45, 7) is 8.76. The van der Waals surface area contributed by atoms with Crippen LogP contribution in [-0.2, 0) is 6.42 Å². The van der Waals surface area contributed by atoms with E-state index in [4.69, 9.17) is 0 Å². The number of aryl methyl sites for hydroxylation is 2. The van der Waals surface area contributed by atoms with Crippen molar-refractivity contribution in [3.63, 3.8) is 0 Å². The summed E-state index contributed by atoms with van der Waals surface area (Å²) in [5.74, 6) is 2.89. The van der Waals surface area contributed by atoms with E-state index in [-0.39, 0.29) is 0 Å². The number of aromatic nitrogens is 2. The van der Waals surface area contributed by atoms with Crippen LogP contribution in [0.5, 0.6) is 0 Å². The number of hydrogen-bond acceptors (Lipinski definition) is 3. The SMILES string of the molecule is CCCC1CCCN(c2cc(CC)nc(C)n2)C1. The molecule has 0 aliphatic carbocycles. The highest BCUT2D eigenvalue weighted by molar-refractivity contribution is 5.40. The van der Waals surface area contributed by atoms with Crippen LogP contribution in [-0.4, -0.2) is 23.1 Å². The van der Waals surface area contributed by atoms with E-state index in [1.54, 1.807) is 0 Å². The van der Waals surface area contributed by atoms with E-state index in [1.807, 2.05) is 6.92 Å². The molecule has 0 aromatic carbocycles. The van der Waals surface area contributed by atoms with Crippen LogP contribution in [0.4, 0.5) is 5.82 Å². The molecule has 3 nitrogen and oxygen atoms in total. The zero-order valence-corrected chi connectivity index (χ0v) is 11.9. The minimum absolute atomic E-state index is 0.851. The van der Waals surface area contributed by atoms with E-state index in [0.717, 1.165) is 36.2 Å². The summed E-state index contributed by atoms with van der Waals surface area (Å²) in [7, 11) is 0. The Morgan fingerprint density at radius 2 is 2.17 bits per heavy atom. The second kappa shape index (κ2) is 6.17. The van der Waals surface area contributed by atoms with Gasteiger partial charge in [0, 0.05) is 24.8 Å². The van der Waals surface area contributed by atoms with Crippen molar-refractivity contribution in [3.8, 4) is 0 Å². The molecule has 0 radical (unpaired) electrons. The van der Waals surface area contributed by atoms with Gasteiger partial charge in [0.25, 0.3) is 0 Å². The Hall–Kier alpha value is -1.12. The molecule has 2 rings (SSSR count). The molecule has 3 heteroatoms. The van der Waals surface area contributed by atoms with Gasteiger partial charge in [-0.05, 0) is 38.5 Å². The normalized spacial score (nSPS) is 20.2. The van der Waals surface area contributed by atoms with Crippen molar-refractivity contribution in [1.29, 1.82) is 0 Å². The van der Waals surface area contributed by atoms with Crippen molar-refractivity contribution in [2.45, 2.75) is 52.9 Å². The molecule has 1 aliphatic heterocycles. The Labute approximate surface area is 111 Å². The first-order valence-corrected chi connectivity index (χ1v) is 7.32. The quantitative estimate of drug-likeness (QED) is 0.817. The Morgan fingerprint density at radius 1 is 1.33 bits per heavy atom. The van der Waals surface area contributed by atoms with Crippen molar-refractivity contribution in [1.82, 2.24) is 9.97 Å². The lowest BCUT2D eigenvalue weighted by Gasteiger charge is -2.33. The zero-order valence-electron chi connectivity index (χ0n) is 11.9. The van der Waals surface area contributed by atoms with Crippen LogP contribution >= 0.6 is 0 Å². The predicted octanol–water partition coefficient (Wildman–Crippen LogP) is 3.36. The fraction of sp³-hybridized carbons (Fsp3) is 0.733. The molecule has 0 amide bonds. The van der Waals surface area contributed by atoms with Gasteiger partial charge < -0.3 is 4.90 Å². The number of anilines is 1. The van der Waals surface area contributed by atoms with E-state index in [9.17, 15) is 0 Å². The molecule has 1 aromatic heterocycles. The van der Waals surface area contributed by atoms with E-state index in [0.29, 0.717) is 0 Å². The van der Waals surface area contributed by atoms with Crippen LogP contribution in [0.25, 0.3) is 0 Å². The van der Waals surface area contributed by atoms with Crippen molar-refractivity contribution < 1.29 is 0 Å². The van der Waals surface area contributed by atoms with Gasteiger partial charge in [0.1, 0.15) is 11.6 Å². The van der Waals surface area contributed by atoms with Crippen LogP contribution in [0.15, 0.2) is 6.07 Å². The van der Waals surface area contributed by atoms with Crippen molar-refractivity contribution in [2.75, 3.05) is 18.0 Å². The number of piperidine rings is 1. The van der Waals surface area contributed by atoms with Crippen molar-refractivity contribution in [3.05, 3.63) is 17.6 Å². The van der Waals surface area contributed by atoms with Gasteiger partial charge in [-0.1, -0.05) is 20.3 Å². The van der Waals surface area contributed by atoms with E-state index in [2.05, 4.69) is 34.8 Å². The van der Waals surface area contributed by atoms with Gasteiger partial charge in [0.2, 0.25) is 0 Å². The molecule has 0 N–H and O–H groups in total. The highest BCUT2D eigenvalue weighted by Gasteiger charge is 2.20. The number of rotatable bonds is 4. The summed E-state index contributed by atoms with van der Waals surface area (Å²) < 4.78 is 0. The van der Waals surface area contributed by atoms with Gasteiger partial charge in [-0.3, -0.25) is 0 Å². The lowest BCUT2D eigenvalue weighted by atomic mass is 9.94. The van der Waals surface area contributed by atoms with Gasteiger partial charge in [0.05, 0.1) is 0 Å². The molecule has 18 heavy (non-hydrogen) atoms. The first-order chi connectivity index (χ1) is 8.72. The molecule has 0 saturated carbocycles. The van der Waals surface area contributed by atoms with Crippen LogP contribution in [0.3, 0.4) is 0 Å². The van der Waals surface area contributed by atoms with Crippen LogP contribution in [0.2, 0.25) is 0 Å². The zero-order chi connectivity index (χ0) is 13.0. The summed E-state index contributed by atoms with van der Waals surface area (Å²) in [4.78, 5) is 11.5. The lowest BCUT2D eigenvalue weighted by Crippen LogP contribution is -2.36. The summed E-state index contributed by atoms with van der Waals surface area (Å²) in [5, 5.41) is 0. The lowest BCUT2D eigenvalue weighted by molar-refractivity contribution is 0.386. The second-order valence-electron chi connectivity index (χ2n) is 5.36. The number of hydrogen-bond donors (Lipinski definition) is 0. The molecule has 1 aliphatic rings. The monoisotopic (exact) mass is 247 g/mol. The van der Waals surface area contributed by atoms with Crippen molar-refractivity contribution >= 4 is 5.82 Å². The fourth-order valence-corrected chi connectivity index (χ4v) is 2.87. The average molecular weight is 247 g/mol. The minimum atomic E-state index is 0.851. The summed E-state index contributed by atoms with van der Waals surface area (Å²) in [5.41, 5.74) is 1.16. The fourth-order valence-electron chi connectivity index (χ4n) is 2.87. The molecule has 100 valence electrons. The molecule has 1 aromatic rings. The third kappa shape index (κ3) is 3.21. The van der Waals surface area contributed by atoms with Gasteiger partial charge in [-0.15, -0.1) is 0 Å². The van der Waals surface area contributed by atoms with Crippen LogP contribution in [0.1, 0.15) is 51.0 Å². The molecule has 1 saturated heterocycles. The van der Waals surface area contributed by atoms with Gasteiger partial charge in [-0.25, -0.2) is 9.97 Å². The van der Waals surface area contributed by atoms with Gasteiger partial charge >= 0.3 is 0 Å². The molecule has 0 bridgehead atoms. The number of nitrogens with zero attached hydrogens (tertiary/aromatic N) is 3. The Balaban J connectivity index is 2.12. The molecule has 1 unspecified atom stereocenters. The minimum Gasteiger partial charge on any atom is -0.356 e. The molecule has 1 fully saturated rings. The van der Waals surface area contributed by atoms with Gasteiger partial charge in [0.15, 0.2) is 0 Å². The molecule has 0 spiro atoms. The third-order valence-corrected chi connectivity index (χ3v) is 3.78. The molecular formula is C15H25N3. The largest absolute Gasteiger partial charge is 0.356 e. The van der Waals surface area contributed by atoms with Crippen LogP contribution < -0.4 is 4.90 Å². The highest BCUT2D eigenvalue weighted by Crippen LogP contribution is 2.25. The first kappa shape index (κ1) is 13.3. The smallest absolute Gasteiger partial charge is 0.132 e. The maximum absolute atomic E-state index is 4.61. The van der Waals surface area contributed by atoms with E-state index in [1.165, 1.54) is 32.2 Å².